The maximum absolute atomic E-state index is 4.52. The Balaban J connectivity index is 0.961. The summed E-state index contributed by atoms with van der Waals surface area (Å²) < 4.78 is 2.33. The van der Waals surface area contributed by atoms with Gasteiger partial charge in [0.1, 0.15) is 0 Å². The Hall–Kier alpha value is -8.27. The Kier molecular flexibility index (Phi) is 7.82. The fraction of sp³-hybridized carbons (Fsp3) is 0.0167. The predicted molar refractivity (Wildman–Crippen MR) is 260 cm³/mol. The molecule has 0 radical (unpaired) electrons. The van der Waals surface area contributed by atoms with Crippen LogP contribution in [-0.2, 0) is 5.41 Å². The second kappa shape index (κ2) is 13.9. The van der Waals surface area contributed by atoms with Gasteiger partial charge in [0.15, 0.2) is 0 Å². The van der Waals surface area contributed by atoms with Crippen molar-refractivity contribution >= 4 is 38.9 Å². The molecule has 0 fully saturated rings. The van der Waals surface area contributed by atoms with Crippen molar-refractivity contribution in [3.8, 4) is 50.2 Å². The fourth-order valence-electron chi connectivity index (χ4n) is 10.8. The number of nitrogens with zero attached hydrogens (tertiary/aromatic N) is 3. The monoisotopic (exact) mass is 801 g/mol. The molecule has 3 heteroatoms. The normalized spacial score (nSPS) is 12.9. The SMILES string of the molecule is c1ccc(-c2ccc(N(c3ccc(-c4cccc(-n5c6ccccc6c6ccncc65)c4)cc3)c3ccc4c(c3)C3(c5ccccc5-c5ccccc53)c3ccccc3-4)cc2)cc1. The summed E-state index contributed by atoms with van der Waals surface area (Å²) in [4.78, 5) is 6.94. The third-order valence-corrected chi connectivity index (χ3v) is 13.5. The van der Waals surface area contributed by atoms with E-state index >= 15 is 0 Å². The van der Waals surface area contributed by atoms with E-state index in [1.165, 1.54) is 71.9 Å². The Morgan fingerprint density at radius 3 is 1.52 bits per heavy atom. The van der Waals surface area contributed by atoms with Crippen LogP contribution in [0.5, 0.6) is 0 Å². The Morgan fingerprint density at radius 1 is 0.349 bits per heavy atom. The number of hydrogen-bond acceptors (Lipinski definition) is 2. The van der Waals surface area contributed by atoms with Crippen molar-refractivity contribution in [2.45, 2.75) is 5.41 Å². The Labute approximate surface area is 366 Å². The van der Waals surface area contributed by atoms with Crippen LogP contribution in [0.15, 0.2) is 237 Å². The van der Waals surface area contributed by atoms with E-state index in [2.05, 4.69) is 239 Å². The average molecular weight is 802 g/mol. The summed E-state index contributed by atoms with van der Waals surface area (Å²) in [5.41, 5.74) is 21.5. The molecule has 2 aliphatic rings. The first-order valence-electron chi connectivity index (χ1n) is 21.7. The van der Waals surface area contributed by atoms with Crippen LogP contribution in [0.4, 0.5) is 17.1 Å². The summed E-state index contributed by atoms with van der Waals surface area (Å²) in [6.07, 6.45) is 3.85. The van der Waals surface area contributed by atoms with Crippen LogP contribution in [0, 0.1) is 0 Å². The molecule has 13 rings (SSSR count). The molecule has 0 N–H and O–H groups in total. The Bertz CT molecular complexity index is 3450. The van der Waals surface area contributed by atoms with Gasteiger partial charge in [0.25, 0.3) is 0 Å². The largest absolute Gasteiger partial charge is 0.310 e. The van der Waals surface area contributed by atoms with Gasteiger partial charge in [0.2, 0.25) is 0 Å². The molecule has 2 heterocycles. The maximum Gasteiger partial charge on any atom is 0.0726 e. The van der Waals surface area contributed by atoms with Gasteiger partial charge < -0.3 is 9.47 Å². The predicted octanol–water partition coefficient (Wildman–Crippen LogP) is 15.3. The van der Waals surface area contributed by atoms with Crippen LogP contribution >= 0.6 is 0 Å². The summed E-state index contributed by atoms with van der Waals surface area (Å²) in [6, 6.07) is 82.5. The molecule has 63 heavy (non-hydrogen) atoms. The van der Waals surface area contributed by atoms with E-state index in [1.54, 1.807) is 0 Å². The lowest BCUT2D eigenvalue weighted by molar-refractivity contribution is 0.793. The van der Waals surface area contributed by atoms with Crippen LogP contribution in [0.2, 0.25) is 0 Å². The quantitative estimate of drug-likeness (QED) is 0.167. The molecule has 0 unspecified atom stereocenters. The minimum Gasteiger partial charge on any atom is -0.310 e. The highest BCUT2D eigenvalue weighted by Crippen LogP contribution is 2.63. The second-order valence-electron chi connectivity index (χ2n) is 16.7. The van der Waals surface area contributed by atoms with Gasteiger partial charge >= 0.3 is 0 Å². The highest BCUT2D eigenvalue weighted by molar-refractivity contribution is 6.09. The van der Waals surface area contributed by atoms with Crippen LogP contribution in [0.25, 0.3) is 72.0 Å². The summed E-state index contributed by atoms with van der Waals surface area (Å²) in [7, 11) is 0. The maximum atomic E-state index is 4.52. The number of benzene rings is 9. The van der Waals surface area contributed by atoms with Crippen molar-refractivity contribution in [3.05, 3.63) is 259 Å². The minimum atomic E-state index is -0.431. The topological polar surface area (TPSA) is 21.1 Å². The van der Waals surface area contributed by atoms with E-state index in [1.807, 2.05) is 12.4 Å². The molecule has 0 amide bonds. The molecular formula is C60H39N3. The molecule has 11 aromatic rings. The van der Waals surface area contributed by atoms with Crippen molar-refractivity contribution in [2.24, 2.45) is 0 Å². The van der Waals surface area contributed by atoms with Crippen molar-refractivity contribution in [3.63, 3.8) is 0 Å². The smallest absolute Gasteiger partial charge is 0.0726 e. The third-order valence-electron chi connectivity index (χ3n) is 13.5. The van der Waals surface area contributed by atoms with Gasteiger partial charge in [-0.25, -0.2) is 0 Å². The molecule has 1 spiro atoms. The van der Waals surface area contributed by atoms with E-state index in [4.69, 9.17) is 0 Å². The molecule has 0 atom stereocenters. The highest BCUT2D eigenvalue weighted by atomic mass is 15.1. The zero-order valence-electron chi connectivity index (χ0n) is 34.4. The van der Waals surface area contributed by atoms with E-state index in [0.29, 0.717) is 0 Å². The first kappa shape index (κ1) is 35.5. The molecule has 0 bridgehead atoms. The van der Waals surface area contributed by atoms with Crippen LogP contribution in [0.3, 0.4) is 0 Å². The standard InChI is InChI=1S/C60H39N3/c1-2-13-40(14-3-1)41-25-29-44(30-26-41)62(45-31-27-42(28-32-45)43-15-12-16-46(37-43)63-58-24-11-7-20-52(58)53-35-36-61-39-59(53)63)47-33-34-51-50-19-6-10-23-56(50)60(57(51)38-47)54-21-8-4-17-48(54)49-18-5-9-22-55(49)60/h1-39H. The van der Waals surface area contributed by atoms with Crippen LogP contribution in [-0.4, -0.2) is 9.55 Å². The molecular weight excluding hydrogens is 763 g/mol. The number of anilines is 3. The molecule has 2 aliphatic carbocycles. The van der Waals surface area contributed by atoms with E-state index in [9.17, 15) is 0 Å². The molecule has 0 saturated carbocycles. The van der Waals surface area contributed by atoms with Gasteiger partial charge in [0, 0.05) is 39.7 Å². The molecule has 2 aromatic heterocycles. The van der Waals surface area contributed by atoms with Gasteiger partial charge in [-0.3, -0.25) is 4.98 Å². The molecule has 0 aliphatic heterocycles. The lowest BCUT2D eigenvalue weighted by Crippen LogP contribution is -2.26. The van der Waals surface area contributed by atoms with Crippen LogP contribution < -0.4 is 4.90 Å². The minimum absolute atomic E-state index is 0.431. The van der Waals surface area contributed by atoms with Crippen molar-refractivity contribution in [1.82, 2.24) is 9.55 Å². The highest BCUT2D eigenvalue weighted by Gasteiger charge is 2.51. The lowest BCUT2D eigenvalue weighted by atomic mass is 9.70. The number of rotatable bonds is 6. The van der Waals surface area contributed by atoms with Gasteiger partial charge in [0.05, 0.1) is 22.6 Å². The second-order valence-corrected chi connectivity index (χ2v) is 16.7. The zero-order valence-corrected chi connectivity index (χ0v) is 34.4. The first-order chi connectivity index (χ1) is 31.3. The third kappa shape index (κ3) is 5.23. The van der Waals surface area contributed by atoms with Gasteiger partial charge in [-0.05, 0) is 127 Å². The van der Waals surface area contributed by atoms with Crippen LogP contribution in [0.1, 0.15) is 22.3 Å². The summed E-state index contributed by atoms with van der Waals surface area (Å²) in [6.45, 7) is 0. The molecule has 3 nitrogen and oxygen atoms in total. The first-order valence-corrected chi connectivity index (χ1v) is 21.7. The number of pyridine rings is 1. The van der Waals surface area contributed by atoms with E-state index in [0.717, 1.165) is 39.4 Å². The molecule has 294 valence electrons. The van der Waals surface area contributed by atoms with Gasteiger partial charge in [-0.15, -0.1) is 0 Å². The number of fused-ring (bicyclic) bond motifs is 13. The van der Waals surface area contributed by atoms with Crippen molar-refractivity contribution in [2.75, 3.05) is 4.90 Å². The fourth-order valence-corrected chi connectivity index (χ4v) is 10.8. The van der Waals surface area contributed by atoms with Crippen molar-refractivity contribution in [1.29, 1.82) is 0 Å². The average Bonchev–Trinajstić information content (AvgIpc) is 3.97. The summed E-state index contributed by atoms with van der Waals surface area (Å²) in [5, 5.41) is 2.43. The number of para-hydroxylation sites is 1. The van der Waals surface area contributed by atoms with Gasteiger partial charge in [-0.1, -0.05) is 164 Å². The number of aromatic nitrogens is 2. The lowest BCUT2D eigenvalue weighted by Gasteiger charge is -2.32. The number of hydrogen-bond donors (Lipinski definition) is 0. The zero-order chi connectivity index (χ0) is 41.5. The summed E-state index contributed by atoms with van der Waals surface area (Å²) in [5.74, 6) is 0. The molecule has 0 saturated heterocycles. The van der Waals surface area contributed by atoms with Crippen molar-refractivity contribution < 1.29 is 0 Å². The van der Waals surface area contributed by atoms with Gasteiger partial charge in [-0.2, -0.15) is 0 Å². The van der Waals surface area contributed by atoms with E-state index in [-0.39, 0.29) is 0 Å². The Morgan fingerprint density at radius 2 is 0.857 bits per heavy atom. The molecule has 9 aromatic carbocycles. The summed E-state index contributed by atoms with van der Waals surface area (Å²) >= 11 is 0. The van der Waals surface area contributed by atoms with E-state index < -0.39 is 5.41 Å².